The van der Waals surface area contributed by atoms with Crippen molar-refractivity contribution < 1.29 is 14.3 Å². The van der Waals surface area contributed by atoms with Crippen LogP contribution in [0.4, 0.5) is 0 Å². The molecule has 0 unspecified atom stereocenters. The molecule has 1 saturated carbocycles. The first kappa shape index (κ1) is 19.7. The van der Waals surface area contributed by atoms with Crippen molar-refractivity contribution in [1.29, 1.82) is 0 Å². The normalized spacial score (nSPS) is 16.7. The Morgan fingerprint density at radius 2 is 1.83 bits per heavy atom. The van der Waals surface area contributed by atoms with E-state index in [1.807, 2.05) is 6.92 Å². The van der Waals surface area contributed by atoms with Gasteiger partial charge in [0, 0.05) is 26.6 Å². The molecule has 1 aliphatic rings. The maximum Gasteiger partial charge on any atom is 0.305 e. The maximum absolute atomic E-state index is 11.2. The van der Waals surface area contributed by atoms with Crippen LogP contribution in [0.5, 0.6) is 0 Å². The molecule has 0 aromatic rings. The lowest BCUT2D eigenvalue weighted by Crippen LogP contribution is -2.39. The summed E-state index contributed by atoms with van der Waals surface area (Å²) < 4.78 is 10.8. The van der Waals surface area contributed by atoms with Crippen LogP contribution < -0.4 is 10.6 Å². The third kappa shape index (κ3) is 10.2. The molecule has 0 saturated heterocycles. The average molecular weight is 327 g/mol. The van der Waals surface area contributed by atoms with Crippen LogP contribution in [0.3, 0.4) is 0 Å². The van der Waals surface area contributed by atoms with Crippen molar-refractivity contribution in [2.45, 2.75) is 64.4 Å². The van der Waals surface area contributed by atoms with Gasteiger partial charge in [-0.3, -0.25) is 9.79 Å². The summed E-state index contributed by atoms with van der Waals surface area (Å²) in [6, 6.07) is 0. The van der Waals surface area contributed by atoms with E-state index < -0.39 is 0 Å². The van der Waals surface area contributed by atoms with Crippen LogP contribution >= 0.6 is 0 Å². The van der Waals surface area contributed by atoms with E-state index >= 15 is 0 Å². The molecule has 6 heteroatoms. The second-order valence-corrected chi connectivity index (χ2v) is 5.82. The highest BCUT2D eigenvalue weighted by Crippen LogP contribution is 2.19. The van der Waals surface area contributed by atoms with Crippen LogP contribution in [0, 0.1) is 0 Å². The zero-order valence-electron chi connectivity index (χ0n) is 14.7. The minimum Gasteiger partial charge on any atom is -0.466 e. The summed E-state index contributed by atoms with van der Waals surface area (Å²) in [6.45, 7) is 4.40. The molecule has 134 valence electrons. The van der Waals surface area contributed by atoms with Crippen LogP contribution in [0.1, 0.15) is 58.3 Å². The van der Waals surface area contributed by atoms with Gasteiger partial charge in [-0.1, -0.05) is 25.7 Å². The van der Waals surface area contributed by atoms with E-state index in [0.717, 1.165) is 18.9 Å². The first-order valence-electron chi connectivity index (χ1n) is 8.98. The zero-order valence-corrected chi connectivity index (χ0v) is 14.7. The molecule has 0 bridgehead atoms. The second-order valence-electron chi connectivity index (χ2n) is 5.82. The van der Waals surface area contributed by atoms with Gasteiger partial charge in [0.05, 0.1) is 19.3 Å². The Morgan fingerprint density at radius 1 is 1.13 bits per heavy atom. The van der Waals surface area contributed by atoms with E-state index in [1.54, 1.807) is 7.05 Å². The number of nitrogens with one attached hydrogen (secondary N) is 2. The Kier molecular flexibility index (Phi) is 11.3. The Hall–Kier alpha value is -1.30. The van der Waals surface area contributed by atoms with Gasteiger partial charge in [0.1, 0.15) is 0 Å². The molecule has 0 aromatic heterocycles. The predicted molar refractivity (Wildman–Crippen MR) is 92.7 cm³/mol. The fourth-order valence-electron chi connectivity index (χ4n) is 2.70. The van der Waals surface area contributed by atoms with Gasteiger partial charge in [-0.2, -0.15) is 0 Å². The van der Waals surface area contributed by atoms with Crippen molar-refractivity contribution in [3.05, 3.63) is 0 Å². The van der Waals surface area contributed by atoms with E-state index in [1.165, 1.54) is 38.5 Å². The van der Waals surface area contributed by atoms with E-state index in [4.69, 9.17) is 9.47 Å². The highest BCUT2D eigenvalue weighted by atomic mass is 16.5. The Morgan fingerprint density at radius 3 is 2.48 bits per heavy atom. The number of carbonyl (C=O) groups excluding carboxylic acids is 1. The Balaban J connectivity index is 2.03. The van der Waals surface area contributed by atoms with Gasteiger partial charge in [0.25, 0.3) is 0 Å². The van der Waals surface area contributed by atoms with Crippen molar-refractivity contribution in [2.24, 2.45) is 4.99 Å². The summed E-state index contributed by atoms with van der Waals surface area (Å²) in [5.74, 6) is 0.604. The van der Waals surface area contributed by atoms with Gasteiger partial charge >= 0.3 is 5.97 Å². The molecule has 0 amide bonds. The average Bonchev–Trinajstić information content (AvgIpc) is 2.82. The largest absolute Gasteiger partial charge is 0.466 e. The third-order valence-corrected chi connectivity index (χ3v) is 3.93. The number of esters is 1. The molecule has 2 N–H and O–H groups in total. The summed E-state index contributed by atoms with van der Waals surface area (Å²) >= 11 is 0. The fraction of sp³-hybridized carbons (Fsp3) is 0.882. The van der Waals surface area contributed by atoms with Crippen molar-refractivity contribution in [2.75, 3.05) is 33.4 Å². The van der Waals surface area contributed by atoms with E-state index in [2.05, 4.69) is 15.6 Å². The fourth-order valence-corrected chi connectivity index (χ4v) is 2.70. The topological polar surface area (TPSA) is 72.0 Å². The number of aliphatic imine (C=N–C) groups is 1. The standard InChI is InChI=1S/C17H33N3O3/c1-3-22-16(21)11-8-12-19-17(18-2)20-13-14-23-15-9-6-4-5-7-10-15/h15H,3-14H2,1-2H3,(H2,18,19,20). The smallest absolute Gasteiger partial charge is 0.305 e. The van der Waals surface area contributed by atoms with Crippen LogP contribution in [-0.4, -0.2) is 51.4 Å². The third-order valence-electron chi connectivity index (χ3n) is 3.93. The molecule has 0 heterocycles. The van der Waals surface area contributed by atoms with Gasteiger partial charge in [0.2, 0.25) is 0 Å². The molecular weight excluding hydrogens is 294 g/mol. The number of carbonyl (C=O) groups is 1. The van der Waals surface area contributed by atoms with Gasteiger partial charge in [-0.25, -0.2) is 0 Å². The number of rotatable bonds is 9. The highest BCUT2D eigenvalue weighted by Gasteiger charge is 2.12. The summed E-state index contributed by atoms with van der Waals surface area (Å²) in [5.41, 5.74) is 0. The second kappa shape index (κ2) is 13.2. The monoisotopic (exact) mass is 327 g/mol. The molecule has 0 aromatic carbocycles. The SMILES string of the molecule is CCOC(=O)CCCNC(=NC)NCCOC1CCCCCC1. The van der Waals surface area contributed by atoms with Crippen LogP contribution in [0.15, 0.2) is 4.99 Å². The summed E-state index contributed by atoms with van der Waals surface area (Å²) in [6.07, 6.45) is 9.27. The van der Waals surface area contributed by atoms with Crippen molar-refractivity contribution in [1.82, 2.24) is 10.6 Å². The summed E-state index contributed by atoms with van der Waals surface area (Å²) in [4.78, 5) is 15.4. The maximum atomic E-state index is 11.2. The molecular formula is C17H33N3O3. The van der Waals surface area contributed by atoms with Crippen molar-refractivity contribution in [3.8, 4) is 0 Å². The number of hydrogen-bond donors (Lipinski definition) is 2. The van der Waals surface area contributed by atoms with Gasteiger partial charge in [-0.05, 0) is 26.2 Å². The molecule has 1 fully saturated rings. The van der Waals surface area contributed by atoms with Crippen LogP contribution in [0.2, 0.25) is 0 Å². The molecule has 0 radical (unpaired) electrons. The van der Waals surface area contributed by atoms with E-state index in [9.17, 15) is 4.79 Å². The molecule has 6 nitrogen and oxygen atoms in total. The number of hydrogen-bond acceptors (Lipinski definition) is 4. The highest BCUT2D eigenvalue weighted by molar-refractivity contribution is 5.79. The zero-order chi connectivity index (χ0) is 16.8. The minimum atomic E-state index is -0.144. The van der Waals surface area contributed by atoms with Crippen molar-refractivity contribution in [3.63, 3.8) is 0 Å². The van der Waals surface area contributed by atoms with Crippen LogP contribution in [0.25, 0.3) is 0 Å². The quantitative estimate of drug-likeness (QED) is 0.223. The lowest BCUT2D eigenvalue weighted by molar-refractivity contribution is -0.143. The predicted octanol–water partition coefficient (Wildman–Crippen LogP) is 2.23. The van der Waals surface area contributed by atoms with E-state index in [0.29, 0.717) is 32.3 Å². The van der Waals surface area contributed by atoms with E-state index in [-0.39, 0.29) is 5.97 Å². The number of nitrogens with zero attached hydrogens (tertiary/aromatic N) is 1. The Labute approximate surface area is 140 Å². The Bertz CT molecular complexity index is 340. The molecule has 0 spiro atoms. The molecule has 1 aliphatic carbocycles. The van der Waals surface area contributed by atoms with Crippen molar-refractivity contribution >= 4 is 11.9 Å². The minimum absolute atomic E-state index is 0.144. The first-order chi connectivity index (χ1) is 11.3. The van der Waals surface area contributed by atoms with Gasteiger partial charge in [0.15, 0.2) is 5.96 Å². The molecule has 0 aliphatic heterocycles. The molecule has 1 rings (SSSR count). The lowest BCUT2D eigenvalue weighted by atomic mass is 10.1. The summed E-state index contributed by atoms with van der Waals surface area (Å²) in [7, 11) is 1.74. The lowest BCUT2D eigenvalue weighted by Gasteiger charge is -2.16. The van der Waals surface area contributed by atoms with Gasteiger partial charge < -0.3 is 20.1 Å². The molecule has 23 heavy (non-hydrogen) atoms. The first-order valence-corrected chi connectivity index (χ1v) is 8.98. The van der Waals surface area contributed by atoms with Gasteiger partial charge in [-0.15, -0.1) is 0 Å². The molecule has 0 atom stereocenters. The number of guanidine groups is 1. The van der Waals surface area contributed by atoms with Crippen LogP contribution in [-0.2, 0) is 14.3 Å². The summed E-state index contributed by atoms with van der Waals surface area (Å²) in [5, 5.41) is 6.43. The number of ether oxygens (including phenoxy) is 2.